The van der Waals surface area contributed by atoms with Crippen molar-refractivity contribution in [3.05, 3.63) is 69.5 Å². The quantitative estimate of drug-likeness (QED) is 0.676. The van der Waals surface area contributed by atoms with Crippen LogP contribution in [0.25, 0.3) is 0 Å². The molecule has 0 aliphatic heterocycles. The Morgan fingerprint density at radius 1 is 1.33 bits per heavy atom. The van der Waals surface area contributed by atoms with Crippen LogP contribution >= 0.6 is 0 Å². The van der Waals surface area contributed by atoms with Gasteiger partial charge in [-0.05, 0) is 24.6 Å². The number of nitrogens with two attached hydrogens (primary N) is 1. The normalized spacial score (nSPS) is 12.0. The molecular weight excluding hydrogens is 275 g/mol. The van der Waals surface area contributed by atoms with Crippen molar-refractivity contribution < 1.29 is 14.1 Å². The Labute approximate surface area is 121 Å². The first kappa shape index (κ1) is 14.9. The molecule has 2 rings (SSSR count). The number of benzene rings is 2. The maximum Gasteiger partial charge on any atom is 0.305 e. The van der Waals surface area contributed by atoms with Gasteiger partial charge in [-0.15, -0.1) is 0 Å². The van der Waals surface area contributed by atoms with Gasteiger partial charge in [-0.1, -0.05) is 24.3 Å². The van der Waals surface area contributed by atoms with Gasteiger partial charge in [-0.25, -0.2) is 0 Å². The van der Waals surface area contributed by atoms with Gasteiger partial charge in [0.2, 0.25) is 5.82 Å². The van der Waals surface area contributed by atoms with Gasteiger partial charge in [0.15, 0.2) is 0 Å². The zero-order valence-electron chi connectivity index (χ0n) is 11.5. The lowest BCUT2D eigenvalue weighted by Gasteiger charge is -2.10. The van der Waals surface area contributed by atoms with E-state index in [0.29, 0.717) is 5.75 Å². The molecule has 0 unspecified atom stereocenters. The number of nitrogens with zero attached hydrogens (tertiary/aromatic N) is 1. The van der Waals surface area contributed by atoms with Crippen LogP contribution in [0.4, 0.5) is 10.1 Å². The molecule has 2 N–H and O–H groups in total. The fourth-order valence-electron chi connectivity index (χ4n) is 1.87. The van der Waals surface area contributed by atoms with Crippen LogP contribution in [0, 0.1) is 15.9 Å². The SMILES string of the molecule is C[C@@H](N)c1cccc(OCc2cccc([N+](=O)[O-])c2F)c1. The van der Waals surface area contributed by atoms with E-state index >= 15 is 0 Å². The molecule has 2 aromatic carbocycles. The highest BCUT2D eigenvalue weighted by atomic mass is 19.1. The Balaban J connectivity index is 2.15. The van der Waals surface area contributed by atoms with Gasteiger partial charge in [0, 0.05) is 17.7 Å². The minimum atomic E-state index is -0.870. The molecule has 0 saturated carbocycles. The first-order valence-electron chi connectivity index (χ1n) is 6.39. The lowest BCUT2D eigenvalue weighted by Crippen LogP contribution is -2.05. The molecule has 0 saturated heterocycles. The second kappa shape index (κ2) is 6.32. The predicted octanol–water partition coefficient (Wildman–Crippen LogP) is 3.33. The lowest BCUT2D eigenvalue weighted by atomic mass is 10.1. The fourth-order valence-corrected chi connectivity index (χ4v) is 1.87. The summed E-state index contributed by atoms with van der Waals surface area (Å²) < 4.78 is 19.4. The van der Waals surface area contributed by atoms with Crippen LogP contribution in [0.1, 0.15) is 24.1 Å². The van der Waals surface area contributed by atoms with Crippen molar-refractivity contribution in [3.63, 3.8) is 0 Å². The van der Waals surface area contributed by atoms with E-state index in [-0.39, 0.29) is 18.2 Å². The maximum atomic E-state index is 13.9. The maximum absolute atomic E-state index is 13.9. The highest BCUT2D eigenvalue weighted by Gasteiger charge is 2.17. The molecule has 0 radical (unpaired) electrons. The van der Waals surface area contributed by atoms with Crippen LogP contribution in [0.5, 0.6) is 5.75 Å². The van der Waals surface area contributed by atoms with Crippen molar-refractivity contribution in [2.75, 3.05) is 0 Å². The van der Waals surface area contributed by atoms with Crippen LogP contribution in [0.15, 0.2) is 42.5 Å². The first-order valence-corrected chi connectivity index (χ1v) is 6.39. The second-order valence-electron chi connectivity index (χ2n) is 4.66. The summed E-state index contributed by atoms with van der Waals surface area (Å²) in [5, 5.41) is 10.7. The summed E-state index contributed by atoms with van der Waals surface area (Å²) in [6.07, 6.45) is 0. The number of halogens is 1. The zero-order chi connectivity index (χ0) is 15.4. The summed E-state index contributed by atoms with van der Waals surface area (Å²) in [6.45, 7) is 1.76. The first-order chi connectivity index (χ1) is 9.99. The molecule has 0 spiro atoms. The summed E-state index contributed by atoms with van der Waals surface area (Å²) >= 11 is 0. The van der Waals surface area contributed by atoms with Gasteiger partial charge < -0.3 is 10.5 Å². The van der Waals surface area contributed by atoms with Crippen LogP contribution < -0.4 is 10.5 Å². The highest BCUT2D eigenvalue weighted by molar-refractivity contribution is 5.37. The molecule has 0 amide bonds. The number of rotatable bonds is 5. The van der Waals surface area contributed by atoms with Gasteiger partial charge in [-0.2, -0.15) is 4.39 Å². The van der Waals surface area contributed by atoms with Crippen molar-refractivity contribution in [3.8, 4) is 5.75 Å². The largest absolute Gasteiger partial charge is 0.489 e. The van der Waals surface area contributed by atoms with Gasteiger partial charge in [0.1, 0.15) is 12.4 Å². The number of nitro benzene ring substituents is 1. The Kier molecular flexibility index (Phi) is 4.49. The van der Waals surface area contributed by atoms with Crippen LogP contribution in [-0.2, 0) is 6.61 Å². The highest BCUT2D eigenvalue weighted by Crippen LogP contribution is 2.23. The molecule has 0 aromatic heterocycles. The van der Waals surface area contributed by atoms with Gasteiger partial charge in [-0.3, -0.25) is 10.1 Å². The molecule has 0 bridgehead atoms. The molecular formula is C15H15FN2O3. The third kappa shape index (κ3) is 3.55. The van der Waals surface area contributed by atoms with E-state index in [0.717, 1.165) is 11.6 Å². The summed E-state index contributed by atoms with van der Waals surface area (Å²) in [5.41, 5.74) is 6.25. The molecule has 110 valence electrons. The van der Waals surface area contributed by atoms with Crippen molar-refractivity contribution in [1.82, 2.24) is 0 Å². The monoisotopic (exact) mass is 290 g/mol. The summed E-state index contributed by atoms with van der Waals surface area (Å²) in [7, 11) is 0. The smallest absolute Gasteiger partial charge is 0.305 e. The average Bonchev–Trinajstić information content (AvgIpc) is 2.46. The van der Waals surface area contributed by atoms with Crippen LogP contribution in [0.2, 0.25) is 0 Å². The third-order valence-electron chi connectivity index (χ3n) is 3.03. The molecule has 1 atom stereocenters. The third-order valence-corrected chi connectivity index (χ3v) is 3.03. The molecule has 0 fully saturated rings. The van der Waals surface area contributed by atoms with Gasteiger partial charge >= 0.3 is 5.69 Å². The van der Waals surface area contributed by atoms with E-state index in [2.05, 4.69) is 0 Å². The topological polar surface area (TPSA) is 78.4 Å². The summed E-state index contributed by atoms with van der Waals surface area (Å²) in [4.78, 5) is 9.92. The Hall–Kier alpha value is -2.47. The summed E-state index contributed by atoms with van der Waals surface area (Å²) in [5.74, 6) is -0.332. The Morgan fingerprint density at radius 2 is 2.05 bits per heavy atom. The lowest BCUT2D eigenvalue weighted by molar-refractivity contribution is -0.387. The van der Waals surface area contributed by atoms with E-state index in [9.17, 15) is 14.5 Å². The van der Waals surface area contributed by atoms with Crippen LogP contribution in [0.3, 0.4) is 0 Å². The average molecular weight is 290 g/mol. The minimum absolute atomic E-state index is 0.0874. The van der Waals surface area contributed by atoms with E-state index in [1.54, 1.807) is 18.2 Å². The number of nitro groups is 1. The predicted molar refractivity (Wildman–Crippen MR) is 76.4 cm³/mol. The van der Waals surface area contributed by atoms with E-state index < -0.39 is 16.4 Å². The molecule has 0 aliphatic carbocycles. The molecule has 21 heavy (non-hydrogen) atoms. The fraction of sp³-hybridized carbons (Fsp3) is 0.200. The zero-order valence-corrected chi connectivity index (χ0v) is 11.5. The van der Waals surface area contributed by atoms with E-state index in [1.807, 2.05) is 13.0 Å². The van der Waals surface area contributed by atoms with E-state index in [1.165, 1.54) is 12.1 Å². The molecule has 0 aliphatic rings. The van der Waals surface area contributed by atoms with Crippen molar-refractivity contribution >= 4 is 5.69 Å². The number of hydrogen-bond donors (Lipinski definition) is 1. The van der Waals surface area contributed by atoms with Crippen LogP contribution in [-0.4, -0.2) is 4.92 Å². The van der Waals surface area contributed by atoms with Crippen molar-refractivity contribution in [2.24, 2.45) is 5.73 Å². The Bertz CT molecular complexity index is 659. The van der Waals surface area contributed by atoms with Gasteiger partial charge in [0.25, 0.3) is 0 Å². The number of ether oxygens (including phenoxy) is 1. The van der Waals surface area contributed by atoms with Crippen molar-refractivity contribution in [1.29, 1.82) is 0 Å². The van der Waals surface area contributed by atoms with Crippen molar-refractivity contribution in [2.45, 2.75) is 19.6 Å². The molecule has 5 nitrogen and oxygen atoms in total. The standard InChI is InChI=1S/C15H15FN2O3/c1-10(17)11-4-2-6-13(8-11)21-9-12-5-3-7-14(15(12)16)18(19)20/h2-8,10H,9,17H2,1H3/t10-/m1/s1. The summed E-state index contributed by atoms with van der Waals surface area (Å²) in [6, 6.07) is 11.0. The van der Waals surface area contributed by atoms with Gasteiger partial charge in [0.05, 0.1) is 4.92 Å². The van der Waals surface area contributed by atoms with E-state index in [4.69, 9.17) is 10.5 Å². The molecule has 2 aromatic rings. The number of hydrogen-bond acceptors (Lipinski definition) is 4. The second-order valence-corrected chi connectivity index (χ2v) is 4.66. The Morgan fingerprint density at radius 3 is 2.71 bits per heavy atom. The molecule has 6 heteroatoms. The molecule has 0 heterocycles. The minimum Gasteiger partial charge on any atom is -0.489 e.